The zero-order valence-corrected chi connectivity index (χ0v) is 13.5. The highest BCUT2D eigenvalue weighted by Crippen LogP contribution is 2.17. The average Bonchev–Trinajstić information content (AvgIpc) is 2.61. The molecular weight excluding hydrogens is 303 g/mol. The van der Waals surface area contributed by atoms with Gasteiger partial charge in [-0.3, -0.25) is 9.69 Å². The molecule has 0 aliphatic carbocycles. The maximum absolute atomic E-state index is 12.8. The van der Waals surface area contributed by atoms with E-state index in [1.165, 1.54) is 29.3 Å². The van der Waals surface area contributed by atoms with Gasteiger partial charge in [0.15, 0.2) is 0 Å². The van der Waals surface area contributed by atoms with Gasteiger partial charge < -0.3 is 5.32 Å². The van der Waals surface area contributed by atoms with Crippen molar-refractivity contribution in [3.8, 4) is 0 Å². The number of carbonyl (C=O) groups is 1. The van der Waals surface area contributed by atoms with Crippen molar-refractivity contribution in [2.75, 3.05) is 19.6 Å². The van der Waals surface area contributed by atoms with E-state index in [1.807, 2.05) is 0 Å². The fourth-order valence-electron chi connectivity index (χ4n) is 2.89. The van der Waals surface area contributed by atoms with Gasteiger partial charge in [-0.05, 0) is 41.3 Å². The van der Waals surface area contributed by atoms with Crippen LogP contribution in [-0.4, -0.2) is 30.4 Å². The molecule has 0 saturated carbocycles. The normalized spacial score (nSPS) is 14.5. The van der Waals surface area contributed by atoms with Crippen LogP contribution in [0, 0.1) is 5.82 Å². The summed E-state index contributed by atoms with van der Waals surface area (Å²) in [6.45, 7) is 3.43. The molecule has 1 heterocycles. The molecule has 0 fully saturated rings. The van der Waals surface area contributed by atoms with Gasteiger partial charge in [-0.2, -0.15) is 0 Å². The van der Waals surface area contributed by atoms with E-state index in [0.717, 1.165) is 31.6 Å². The smallest absolute Gasteiger partial charge is 0.244 e. The number of nitrogens with zero attached hydrogens (tertiary/aromatic N) is 1. The molecule has 0 saturated heterocycles. The number of fused-ring (bicyclic) bond motifs is 1. The summed E-state index contributed by atoms with van der Waals surface area (Å²) in [5.41, 5.74) is 3.62. The zero-order valence-electron chi connectivity index (χ0n) is 13.5. The van der Waals surface area contributed by atoms with Crippen LogP contribution in [-0.2, 0) is 17.8 Å². The number of carbonyl (C=O) groups excluding carboxylic acids is 1. The monoisotopic (exact) mass is 324 g/mol. The summed E-state index contributed by atoms with van der Waals surface area (Å²) in [4.78, 5) is 14.2. The fourth-order valence-corrected chi connectivity index (χ4v) is 2.89. The van der Waals surface area contributed by atoms with E-state index in [2.05, 4.69) is 34.5 Å². The second-order valence-corrected chi connectivity index (χ2v) is 5.97. The topological polar surface area (TPSA) is 32.3 Å². The van der Waals surface area contributed by atoms with Crippen LogP contribution in [0.1, 0.15) is 16.7 Å². The first kappa shape index (κ1) is 16.4. The van der Waals surface area contributed by atoms with Crippen molar-refractivity contribution in [3.63, 3.8) is 0 Å². The Labute approximate surface area is 141 Å². The Morgan fingerprint density at radius 3 is 2.67 bits per heavy atom. The van der Waals surface area contributed by atoms with E-state index < -0.39 is 0 Å². The molecule has 0 unspecified atom stereocenters. The van der Waals surface area contributed by atoms with Crippen molar-refractivity contribution >= 4 is 12.0 Å². The average molecular weight is 324 g/mol. The van der Waals surface area contributed by atoms with Crippen LogP contribution in [0.4, 0.5) is 4.39 Å². The van der Waals surface area contributed by atoms with Crippen LogP contribution in [0.15, 0.2) is 54.6 Å². The van der Waals surface area contributed by atoms with Gasteiger partial charge in [0.25, 0.3) is 0 Å². The molecule has 1 aliphatic heterocycles. The quantitative estimate of drug-likeness (QED) is 0.858. The Morgan fingerprint density at radius 1 is 1.12 bits per heavy atom. The molecule has 2 aromatic rings. The first-order valence-corrected chi connectivity index (χ1v) is 8.21. The Balaban J connectivity index is 1.42. The molecule has 3 nitrogen and oxygen atoms in total. The molecule has 0 atom stereocenters. The number of halogens is 1. The van der Waals surface area contributed by atoms with Gasteiger partial charge in [0.2, 0.25) is 5.91 Å². The van der Waals surface area contributed by atoms with E-state index in [9.17, 15) is 9.18 Å². The highest BCUT2D eigenvalue weighted by Gasteiger charge is 2.14. The molecule has 1 aliphatic rings. The van der Waals surface area contributed by atoms with Crippen LogP contribution < -0.4 is 5.32 Å². The third-order valence-corrected chi connectivity index (χ3v) is 4.23. The number of hydrogen-bond acceptors (Lipinski definition) is 2. The minimum absolute atomic E-state index is 0.128. The lowest BCUT2D eigenvalue weighted by atomic mass is 10.00. The van der Waals surface area contributed by atoms with Crippen molar-refractivity contribution in [1.82, 2.24) is 10.2 Å². The van der Waals surface area contributed by atoms with Crippen molar-refractivity contribution < 1.29 is 9.18 Å². The number of benzene rings is 2. The van der Waals surface area contributed by atoms with Gasteiger partial charge >= 0.3 is 0 Å². The predicted molar refractivity (Wildman–Crippen MR) is 93.9 cm³/mol. The van der Waals surface area contributed by atoms with E-state index in [4.69, 9.17) is 0 Å². The maximum Gasteiger partial charge on any atom is 0.244 e. The predicted octanol–water partition coefficient (Wildman–Crippen LogP) is 3.01. The summed E-state index contributed by atoms with van der Waals surface area (Å²) >= 11 is 0. The highest BCUT2D eigenvalue weighted by atomic mass is 19.1. The summed E-state index contributed by atoms with van der Waals surface area (Å²) in [5, 5.41) is 2.89. The molecule has 1 amide bonds. The van der Waals surface area contributed by atoms with E-state index in [-0.39, 0.29) is 11.7 Å². The van der Waals surface area contributed by atoms with Gasteiger partial charge in [-0.15, -0.1) is 0 Å². The molecule has 0 aromatic heterocycles. The lowest BCUT2D eigenvalue weighted by molar-refractivity contribution is -0.116. The molecule has 0 bridgehead atoms. The summed E-state index contributed by atoms with van der Waals surface area (Å²) in [7, 11) is 0. The van der Waals surface area contributed by atoms with E-state index in [1.54, 1.807) is 18.2 Å². The van der Waals surface area contributed by atoms with Gasteiger partial charge in [-0.1, -0.05) is 36.4 Å². The Kier molecular flexibility index (Phi) is 5.39. The van der Waals surface area contributed by atoms with E-state index in [0.29, 0.717) is 6.54 Å². The summed E-state index contributed by atoms with van der Waals surface area (Å²) < 4.78 is 12.8. The van der Waals surface area contributed by atoms with Crippen LogP contribution >= 0.6 is 0 Å². The second kappa shape index (κ2) is 7.88. The number of rotatable bonds is 5. The third kappa shape index (κ3) is 4.52. The van der Waals surface area contributed by atoms with Crippen LogP contribution in [0.3, 0.4) is 0 Å². The lowest BCUT2D eigenvalue weighted by Gasteiger charge is -2.28. The number of hydrogen-bond donors (Lipinski definition) is 1. The molecule has 0 radical (unpaired) electrons. The van der Waals surface area contributed by atoms with Gasteiger partial charge in [0.05, 0.1) is 0 Å². The lowest BCUT2D eigenvalue weighted by Crippen LogP contribution is -2.37. The van der Waals surface area contributed by atoms with Crippen molar-refractivity contribution in [3.05, 3.63) is 77.1 Å². The summed E-state index contributed by atoms with van der Waals surface area (Å²) in [6.07, 6.45) is 4.24. The minimum atomic E-state index is -0.278. The Hall–Kier alpha value is -2.46. The first-order chi connectivity index (χ1) is 11.7. The summed E-state index contributed by atoms with van der Waals surface area (Å²) in [5.74, 6) is -0.406. The largest absolute Gasteiger partial charge is 0.351 e. The van der Waals surface area contributed by atoms with E-state index >= 15 is 0 Å². The van der Waals surface area contributed by atoms with Crippen molar-refractivity contribution in [2.24, 2.45) is 0 Å². The standard InChI is InChI=1S/C20H21FN2O/c21-19-8-5-16(6-9-19)7-10-20(24)22-12-14-23-13-11-17-3-1-2-4-18(17)15-23/h1-10H,11-15H2,(H,22,24)/b10-7+. The third-order valence-electron chi connectivity index (χ3n) is 4.23. The zero-order chi connectivity index (χ0) is 16.8. The Morgan fingerprint density at radius 2 is 1.88 bits per heavy atom. The van der Waals surface area contributed by atoms with Crippen LogP contribution in [0.2, 0.25) is 0 Å². The van der Waals surface area contributed by atoms with Gasteiger partial charge in [0, 0.05) is 32.3 Å². The Bertz CT molecular complexity index is 725. The second-order valence-electron chi connectivity index (χ2n) is 5.97. The van der Waals surface area contributed by atoms with Crippen molar-refractivity contribution in [1.29, 1.82) is 0 Å². The molecule has 24 heavy (non-hydrogen) atoms. The highest BCUT2D eigenvalue weighted by molar-refractivity contribution is 5.91. The summed E-state index contributed by atoms with van der Waals surface area (Å²) in [6, 6.07) is 14.6. The number of nitrogens with one attached hydrogen (secondary N) is 1. The molecule has 2 aromatic carbocycles. The fraction of sp³-hybridized carbons (Fsp3) is 0.250. The van der Waals surface area contributed by atoms with Gasteiger partial charge in [-0.25, -0.2) is 4.39 Å². The molecule has 4 heteroatoms. The van der Waals surface area contributed by atoms with Crippen molar-refractivity contribution in [2.45, 2.75) is 13.0 Å². The molecule has 1 N–H and O–H groups in total. The molecule has 0 spiro atoms. The molecule has 124 valence electrons. The van der Waals surface area contributed by atoms with Gasteiger partial charge in [0.1, 0.15) is 5.82 Å². The number of amides is 1. The SMILES string of the molecule is O=C(/C=C/c1ccc(F)cc1)NCCN1CCc2ccccc2C1. The maximum atomic E-state index is 12.8. The first-order valence-electron chi connectivity index (χ1n) is 8.21. The van der Waals surface area contributed by atoms with Crippen LogP contribution in [0.25, 0.3) is 6.08 Å². The van der Waals surface area contributed by atoms with Crippen LogP contribution in [0.5, 0.6) is 0 Å². The minimum Gasteiger partial charge on any atom is -0.351 e. The molecule has 3 rings (SSSR count). The molecular formula is C20H21FN2O.